The number of thiophene rings is 1. The van der Waals surface area contributed by atoms with Gasteiger partial charge in [-0.25, -0.2) is 0 Å². The molecule has 0 saturated carbocycles. The Hall–Kier alpha value is -7.78. The first-order chi connectivity index (χ1) is 31.3. The van der Waals surface area contributed by atoms with Gasteiger partial charge in [0.15, 0.2) is 0 Å². The summed E-state index contributed by atoms with van der Waals surface area (Å²) in [6.07, 6.45) is 0. The number of rotatable bonds is 6. The van der Waals surface area contributed by atoms with Gasteiger partial charge in [-0.15, -0.1) is 11.3 Å². The molecule has 1 nitrogen and oxygen atoms in total. The van der Waals surface area contributed by atoms with E-state index < -0.39 is 5.41 Å². The van der Waals surface area contributed by atoms with Crippen molar-refractivity contribution in [3.8, 4) is 22.3 Å². The van der Waals surface area contributed by atoms with Gasteiger partial charge in [0.2, 0.25) is 0 Å². The molecule has 2 heteroatoms. The number of fused-ring (bicyclic) bond motifs is 10. The number of nitrogens with zero attached hydrogens (tertiary/aromatic N) is 1. The maximum absolute atomic E-state index is 2.61. The zero-order chi connectivity index (χ0) is 41.5. The molecule has 0 atom stereocenters. The van der Waals surface area contributed by atoms with E-state index >= 15 is 0 Å². The smallest absolute Gasteiger partial charge is 0.0714 e. The van der Waals surface area contributed by atoms with Gasteiger partial charge >= 0.3 is 0 Å². The molecule has 294 valence electrons. The van der Waals surface area contributed by atoms with Gasteiger partial charge in [-0.3, -0.25) is 0 Å². The summed E-state index contributed by atoms with van der Waals surface area (Å²) in [7, 11) is 0. The zero-order valence-electron chi connectivity index (χ0n) is 34.4. The number of hydrogen-bond acceptors (Lipinski definition) is 2. The lowest BCUT2D eigenvalue weighted by atomic mass is 9.67. The lowest BCUT2D eigenvalue weighted by Crippen LogP contribution is -2.28. The van der Waals surface area contributed by atoms with Crippen LogP contribution < -0.4 is 4.90 Å². The van der Waals surface area contributed by atoms with Gasteiger partial charge in [0.1, 0.15) is 0 Å². The molecule has 0 bridgehead atoms. The Morgan fingerprint density at radius 3 is 1.73 bits per heavy atom. The van der Waals surface area contributed by atoms with E-state index in [1.165, 1.54) is 103 Å². The first-order valence-electron chi connectivity index (χ1n) is 21.8. The number of anilines is 3. The summed E-state index contributed by atoms with van der Waals surface area (Å²) < 4.78 is 2.55. The van der Waals surface area contributed by atoms with E-state index in [0.717, 1.165) is 11.4 Å². The van der Waals surface area contributed by atoms with Gasteiger partial charge in [0.05, 0.1) is 21.5 Å². The fraction of sp³-hybridized carbons (Fsp3) is 0.0164. The second-order valence-corrected chi connectivity index (χ2v) is 17.8. The molecule has 12 aromatic rings. The Labute approximate surface area is 370 Å². The minimum atomic E-state index is -0.549. The van der Waals surface area contributed by atoms with Gasteiger partial charge in [-0.05, 0) is 96.2 Å². The standard InChI is InChI=1S/C61H39NS/c1-3-20-43(21-4-1)61(44-22-5-2-6-23-44)54-31-15-13-26-48(54)49-37-36-45(39-55(49)61)62(56-32-17-30-53-50-27-14-16-33-57(50)63-60(53)56)59-52-29-12-10-25-47(52)46-24-9-11-28-51(46)58(59)42-35-34-40-18-7-8-19-41(40)38-42/h1-39H. The van der Waals surface area contributed by atoms with Crippen LogP contribution in [0.25, 0.3) is 74.7 Å². The van der Waals surface area contributed by atoms with E-state index in [2.05, 4.69) is 241 Å². The Morgan fingerprint density at radius 2 is 0.952 bits per heavy atom. The first kappa shape index (κ1) is 35.9. The second kappa shape index (κ2) is 14.1. The van der Waals surface area contributed by atoms with Crippen molar-refractivity contribution in [1.82, 2.24) is 0 Å². The van der Waals surface area contributed by atoms with Crippen molar-refractivity contribution in [2.75, 3.05) is 4.90 Å². The third-order valence-corrected chi connectivity index (χ3v) is 14.7. The summed E-state index contributed by atoms with van der Waals surface area (Å²) in [5.74, 6) is 0. The van der Waals surface area contributed by atoms with E-state index in [4.69, 9.17) is 0 Å². The average Bonchev–Trinajstić information content (AvgIpc) is 3.89. The normalized spacial score (nSPS) is 12.9. The van der Waals surface area contributed by atoms with Crippen molar-refractivity contribution in [3.05, 3.63) is 259 Å². The van der Waals surface area contributed by atoms with E-state index in [0.29, 0.717) is 0 Å². The molecule has 0 radical (unpaired) electrons. The van der Waals surface area contributed by atoms with E-state index in [1.807, 2.05) is 11.3 Å². The van der Waals surface area contributed by atoms with Crippen LogP contribution in [0.4, 0.5) is 17.1 Å². The highest BCUT2D eigenvalue weighted by Gasteiger charge is 2.46. The van der Waals surface area contributed by atoms with Crippen LogP contribution in [0.3, 0.4) is 0 Å². The lowest BCUT2D eigenvalue weighted by molar-refractivity contribution is 0.768. The summed E-state index contributed by atoms with van der Waals surface area (Å²) in [4.78, 5) is 2.61. The van der Waals surface area contributed by atoms with Crippen molar-refractivity contribution < 1.29 is 0 Å². The third kappa shape index (κ3) is 5.29. The van der Waals surface area contributed by atoms with Crippen molar-refractivity contribution in [2.24, 2.45) is 0 Å². The van der Waals surface area contributed by atoms with Crippen LogP contribution in [0.2, 0.25) is 0 Å². The van der Waals surface area contributed by atoms with Crippen LogP contribution in [-0.4, -0.2) is 0 Å². The number of hydrogen-bond donors (Lipinski definition) is 0. The predicted octanol–water partition coefficient (Wildman–Crippen LogP) is 17.0. The van der Waals surface area contributed by atoms with E-state index in [-0.39, 0.29) is 0 Å². The molecule has 0 unspecified atom stereocenters. The molecule has 0 amide bonds. The Balaban J connectivity index is 1.20. The van der Waals surface area contributed by atoms with Crippen LogP contribution in [-0.2, 0) is 5.41 Å². The molecule has 1 aliphatic carbocycles. The van der Waals surface area contributed by atoms with Crippen molar-refractivity contribution >= 4 is 80.9 Å². The van der Waals surface area contributed by atoms with Crippen molar-refractivity contribution in [1.29, 1.82) is 0 Å². The van der Waals surface area contributed by atoms with Gasteiger partial charge in [-0.2, -0.15) is 0 Å². The van der Waals surface area contributed by atoms with Gasteiger partial charge in [0, 0.05) is 32.1 Å². The molecule has 0 saturated heterocycles. The highest BCUT2D eigenvalue weighted by Crippen LogP contribution is 2.59. The second-order valence-electron chi connectivity index (χ2n) is 16.7. The highest BCUT2D eigenvalue weighted by atomic mass is 32.1. The largest absolute Gasteiger partial charge is 0.308 e. The monoisotopic (exact) mass is 817 g/mol. The molecule has 0 aliphatic heterocycles. The molecule has 11 aromatic carbocycles. The van der Waals surface area contributed by atoms with Crippen LogP contribution >= 0.6 is 11.3 Å². The van der Waals surface area contributed by atoms with E-state index in [1.54, 1.807) is 0 Å². The molecule has 63 heavy (non-hydrogen) atoms. The minimum absolute atomic E-state index is 0.549. The third-order valence-electron chi connectivity index (χ3n) is 13.5. The molecule has 1 heterocycles. The van der Waals surface area contributed by atoms with Gasteiger partial charge in [0.25, 0.3) is 0 Å². The van der Waals surface area contributed by atoms with Crippen LogP contribution in [0.15, 0.2) is 237 Å². The number of benzene rings is 11. The minimum Gasteiger partial charge on any atom is -0.308 e. The lowest BCUT2D eigenvalue weighted by Gasteiger charge is -2.35. The maximum atomic E-state index is 2.61. The molecule has 1 aromatic heterocycles. The Bertz CT molecular complexity index is 3710. The first-order valence-corrected chi connectivity index (χ1v) is 22.6. The summed E-state index contributed by atoms with van der Waals surface area (Å²) in [6, 6.07) is 88.2. The van der Waals surface area contributed by atoms with Crippen LogP contribution in [0, 0.1) is 0 Å². The summed E-state index contributed by atoms with van der Waals surface area (Å²) in [6.45, 7) is 0. The molecule has 0 spiro atoms. The van der Waals surface area contributed by atoms with Crippen molar-refractivity contribution in [3.63, 3.8) is 0 Å². The summed E-state index contributed by atoms with van der Waals surface area (Å²) in [5, 5.41) is 9.93. The van der Waals surface area contributed by atoms with Crippen LogP contribution in [0.1, 0.15) is 22.3 Å². The topological polar surface area (TPSA) is 3.24 Å². The van der Waals surface area contributed by atoms with Crippen LogP contribution in [0.5, 0.6) is 0 Å². The summed E-state index contributed by atoms with van der Waals surface area (Å²) in [5.41, 5.74) is 12.9. The highest BCUT2D eigenvalue weighted by molar-refractivity contribution is 7.26. The predicted molar refractivity (Wildman–Crippen MR) is 269 cm³/mol. The Morgan fingerprint density at radius 1 is 0.365 bits per heavy atom. The maximum Gasteiger partial charge on any atom is 0.0714 e. The fourth-order valence-electron chi connectivity index (χ4n) is 10.9. The molecule has 1 aliphatic rings. The van der Waals surface area contributed by atoms with Gasteiger partial charge < -0.3 is 4.90 Å². The summed E-state index contributed by atoms with van der Waals surface area (Å²) >= 11 is 1.89. The zero-order valence-corrected chi connectivity index (χ0v) is 35.2. The molecular formula is C61H39NS. The molecule has 0 fully saturated rings. The average molecular weight is 818 g/mol. The quantitative estimate of drug-likeness (QED) is 0.151. The Kier molecular flexibility index (Phi) is 8.06. The van der Waals surface area contributed by atoms with E-state index in [9.17, 15) is 0 Å². The SMILES string of the molecule is c1ccc(C2(c3ccccc3)c3ccccc3-c3ccc(N(c4c(-c5ccc6ccccc6c5)c5ccccc5c5ccccc45)c4cccc5c4sc4ccccc45)cc32)cc1. The molecule has 0 N–H and O–H groups in total. The van der Waals surface area contributed by atoms with Crippen molar-refractivity contribution in [2.45, 2.75) is 5.41 Å². The molecular weight excluding hydrogens is 779 g/mol. The molecule has 13 rings (SSSR count). The van der Waals surface area contributed by atoms with Gasteiger partial charge in [-0.1, -0.05) is 206 Å². The fourth-order valence-corrected chi connectivity index (χ4v) is 12.1.